The predicted molar refractivity (Wildman–Crippen MR) is 63.2 cm³/mol. The molecule has 84 valence electrons. The highest BCUT2D eigenvalue weighted by Gasteiger charge is 2.11. The van der Waals surface area contributed by atoms with Crippen LogP contribution in [0, 0.1) is 0 Å². The summed E-state index contributed by atoms with van der Waals surface area (Å²) in [6.45, 7) is 3.50. The third kappa shape index (κ3) is 4.03. The van der Waals surface area contributed by atoms with Gasteiger partial charge in [-0.3, -0.25) is 0 Å². The van der Waals surface area contributed by atoms with E-state index in [1.54, 1.807) is 13.2 Å². The number of benzene rings is 1. The highest BCUT2D eigenvalue weighted by atomic mass is 28.3. The molecule has 0 saturated heterocycles. The van der Waals surface area contributed by atoms with Gasteiger partial charge in [0.05, 0.1) is 0 Å². The van der Waals surface area contributed by atoms with Gasteiger partial charge in [0, 0.05) is 25.5 Å². The largest absolute Gasteiger partial charge is 0.508 e. The molecular weight excluding hydrogens is 208 g/mol. The Kier molecular flexibility index (Phi) is 5.38. The lowest BCUT2D eigenvalue weighted by atomic mass is 10.3. The second-order valence-corrected chi connectivity index (χ2v) is 5.66. The van der Waals surface area contributed by atoms with Gasteiger partial charge in [0.25, 0.3) is 0 Å². The third-order valence-electron chi connectivity index (χ3n) is 2.24. The minimum absolute atomic E-state index is 0.350. The molecule has 0 saturated carbocycles. The van der Waals surface area contributed by atoms with Crippen molar-refractivity contribution in [2.45, 2.75) is 13.0 Å². The Morgan fingerprint density at radius 3 is 2.67 bits per heavy atom. The summed E-state index contributed by atoms with van der Waals surface area (Å²) >= 11 is 0. The second-order valence-electron chi connectivity index (χ2n) is 3.42. The summed E-state index contributed by atoms with van der Waals surface area (Å²) in [4.78, 5) is 0. The van der Waals surface area contributed by atoms with E-state index in [4.69, 9.17) is 9.16 Å². The molecule has 0 aliphatic carbocycles. The number of methoxy groups -OCH3 is 1. The summed E-state index contributed by atoms with van der Waals surface area (Å²) in [6.07, 6.45) is 0.904. The minimum Gasteiger partial charge on any atom is -0.508 e. The van der Waals surface area contributed by atoms with Gasteiger partial charge < -0.3 is 14.3 Å². The van der Waals surface area contributed by atoms with E-state index in [0.717, 1.165) is 18.2 Å². The molecule has 0 aromatic heterocycles. The standard InChI is InChI=1S/C11H18O3Si/c1-13-8-5-9-14-15(2)11-7-4-3-6-10(11)12/h3-4,6-7,12,15H,5,8-9H2,1-2H3. The highest BCUT2D eigenvalue weighted by molar-refractivity contribution is 6.67. The zero-order valence-electron chi connectivity index (χ0n) is 9.27. The van der Waals surface area contributed by atoms with E-state index >= 15 is 0 Å². The maximum atomic E-state index is 9.61. The fraction of sp³-hybridized carbons (Fsp3) is 0.455. The zero-order valence-corrected chi connectivity index (χ0v) is 10.4. The van der Waals surface area contributed by atoms with Crippen LogP contribution in [0.2, 0.25) is 6.55 Å². The lowest BCUT2D eigenvalue weighted by Crippen LogP contribution is -2.30. The Balaban J connectivity index is 2.40. The molecule has 15 heavy (non-hydrogen) atoms. The van der Waals surface area contributed by atoms with Crippen molar-refractivity contribution in [3.63, 3.8) is 0 Å². The number of phenols is 1. The van der Waals surface area contributed by atoms with Gasteiger partial charge in [-0.1, -0.05) is 18.2 Å². The van der Waals surface area contributed by atoms with Crippen LogP contribution in [-0.2, 0) is 9.16 Å². The third-order valence-corrected chi connectivity index (χ3v) is 4.34. The lowest BCUT2D eigenvalue weighted by molar-refractivity contribution is 0.173. The van der Waals surface area contributed by atoms with Crippen LogP contribution >= 0.6 is 0 Å². The monoisotopic (exact) mass is 226 g/mol. The summed E-state index contributed by atoms with van der Waals surface area (Å²) in [5.41, 5.74) is 0. The molecule has 0 spiro atoms. The van der Waals surface area contributed by atoms with Crippen LogP contribution in [0.1, 0.15) is 6.42 Å². The molecule has 1 rings (SSSR count). The highest BCUT2D eigenvalue weighted by Crippen LogP contribution is 2.05. The fourth-order valence-corrected chi connectivity index (χ4v) is 2.98. The molecule has 1 N–H and O–H groups in total. The number of rotatable bonds is 6. The molecule has 1 unspecified atom stereocenters. The van der Waals surface area contributed by atoms with Crippen molar-refractivity contribution in [2.75, 3.05) is 20.3 Å². The van der Waals surface area contributed by atoms with Crippen molar-refractivity contribution in [3.8, 4) is 5.75 Å². The van der Waals surface area contributed by atoms with Crippen LogP contribution in [0.5, 0.6) is 5.75 Å². The smallest absolute Gasteiger partial charge is 0.208 e. The van der Waals surface area contributed by atoms with Gasteiger partial charge in [-0.15, -0.1) is 0 Å². The Morgan fingerprint density at radius 1 is 1.27 bits per heavy atom. The molecule has 4 heteroatoms. The number of phenolic OH excluding ortho intramolecular Hbond substituents is 1. The molecule has 0 amide bonds. The van der Waals surface area contributed by atoms with Crippen molar-refractivity contribution < 1.29 is 14.3 Å². The van der Waals surface area contributed by atoms with Crippen LogP contribution < -0.4 is 5.19 Å². The summed E-state index contributed by atoms with van der Waals surface area (Å²) < 4.78 is 10.6. The van der Waals surface area contributed by atoms with Crippen LogP contribution in [0.25, 0.3) is 0 Å². The molecule has 3 nitrogen and oxygen atoms in total. The molecule has 0 bridgehead atoms. The average Bonchev–Trinajstić information content (AvgIpc) is 2.25. The first-order valence-corrected chi connectivity index (χ1v) is 7.34. The van der Waals surface area contributed by atoms with Gasteiger partial charge >= 0.3 is 0 Å². The molecule has 0 heterocycles. The van der Waals surface area contributed by atoms with Crippen LogP contribution in [0.15, 0.2) is 24.3 Å². The maximum Gasteiger partial charge on any atom is 0.208 e. The Labute approximate surface area is 92.4 Å². The van der Waals surface area contributed by atoms with E-state index in [9.17, 15) is 5.11 Å². The zero-order chi connectivity index (χ0) is 11.1. The number of para-hydroxylation sites is 1. The van der Waals surface area contributed by atoms with E-state index < -0.39 is 9.04 Å². The van der Waals surface area contributed by atoms with E-state index in [-0.39, 0.29) is 0 Å². The van der Waals surface area contributed by atoms with E-state index in [1.165, 1.54) is 0 Å². The quantitative estimate of drug-likeness (QED) is 0.581. The summed E-state index contributed by atoms with van der Waals surface area (Å²) in [5, 5.41) is 10.6. The van der Waals surface area contributed by atoms with Gasteiger partial charge in [-0.2, -0.15) is 0 Å². The normalized spacial score (nSPS) is 12.7. The van der Waals surface area contributed by atoms with Crippen molar-refractivity contribution in [2.24, 2.45) is 0 Å². The summed E-state index contributed by atoms with van der Waals surface area (Å²) in [6, 6.07) is 7.39. The first kappa shape index (κ1) is 12.2. The van der Waals surface area contributed by atoms with Crippen molar-refractivity contribution in [3.05, 3.63) is 24.3 Å². The van der Waals surface area contributed by atoms with E-state index in [0.29, 0.717) is 12.4 Å². The predicted octanol–water partition coefficient (Wildman–Crippen LogP) is 1.01. The molecule has 1 aromatic carbocycles. The maximum absolute atomic E-state index is 9.61. The first-order valence-electron chi connectivity index (χ1n) is 5.14. The van der Waals surface area contributed by atoms with E-state index in [2.05, 4.69) is 6.55 Å². The molecule has 1 atom stereocenters. The second kappa shape index (κ2) is 6.61. The molecule has 1 aromatic rings. The van der Waals surface area contributed by atoms with Crippen LogP contribution in [0.3, 0.4) is 0 Å². The lowest BCUT2D eigenvalue weighted by Gasteiger charge is -2.12. The summed E-state index contributed by atoms with van der Waals surface area (Å²) in [5.74, 6) is 0.350. The van der Waals surface area contributed by atoms with Gasteiger partial charge in [-0.05, 0) is 19.0 Å². The molecule has 0 aliphatic rings. The average molecular weight is 226 g/mol. The van der Waals surface area contributed by atoms with Crippen LogP contribution in [-0.4, -0.2) is 34.5 Å². The number of ether oxygens (including phenoxy) is 1. The van der Waals surface area contributed by atoms with Gasteiger partial charge in [0.1, 0.15) is 5.75 Å². The Bertz CT molecular complexity index is 291. The molecule has 0 fully saturated rings. The van der Waals surface area contributed by atoms with Crippen molar-refractivity contribution in [1.29, 1.82) is 0 Å². The number of hydrogen-bond acceptors (Lipinski definition) is 3. The number of hydrogen-bond donors (Lipinski definition) is 1. The SMILES string of the molecule is COCCCO[SiH](C)c1ccccc1O. The summed E-state index contributed by atoms with van der Waals surface area (Å²) in [7, 11) is 0.236. The van der Waals surface area contributed by atoms with Crippen molar-refractivity contribution >= 4 is 14.2 Å². The Hall–Kier alpha value is -0.843. The minimum atomic E-state index is -1.45. The molecular formula is C11H18O3Si. The van der Waals surface area contributed by atoms with Gasteiger partial charge in [-0.25, -0.2) is 0 Å². The van der Waals surface area contributed by atoms with E-state index in [1.807, 2.05) is 18.2 Å². The molecule has 0 aliphatic heterocycles. The molecule has 0 radical (unpaired) electrons. The number of aromatic hydroxyl groups is 1. The fourth-order valence-electron chi connectivity index (χ4n) is 1.38. The van der Waals surface area contributed by atoms with Crippen LogP contribution in [0.4, 0.5) is 0 Å². The van der Waals surface area contributed by atoms with Gasteiger partial charge in [0.2, 0.25) is 9.04 Å². The topological polar surface area (TPSA) is 38.7 Å². The van der Waals surface area contributed by atoms with Crippen molar-refractivity contribution in [1.82, 2.24) is 0 Å². The van der Waals surface area contributed by atoms with Gasteiger partial charge in [0.15, 0.2) is 0 Å². The Morgan fingerprint density at radius 2 is 2.00 bits per heavy atom. The first-order chi connectivity index (χ1) is 7.25.